The van der Waals surface area contributed by atoms with Crippen LogP contribution in [0.15, 0.2) is 48.5 Å². The number of hydrogen-bond acceptors (Lipinski definition) is 3. The number of allylic oxidation sites excluding steroid dienone is 1. The van der Waals surface area contributed by atoms with Crippen LogP contribution in [0, 0.1) is 5.41 Å². The number of nitrogens with one attached hydrogen (secondary N) is 1. The first-order valence-electron chi connectivity index (χ1n) is 10.5. The Kier molecular flexibility index (Phi) is 5.57. The number of fused-ring (bicyclic) bond motifs is 1. The Morgan fingerprint density at radius 3 is 2.86 bits per heavy atom. The van der Waals surface area contributed by atoms with Gasteiger partial charge >= 0.3 is 0 Å². The van der Waals surface area contributed by atoms with E-state index in [4.69, 9.17) is 4.98 Å². The third-order valence-electron chi connectivity index (χ3n) is 5.58. The van der Waals surface area contributed by atoms with Crippen LogP contribution in [0.2, 0.25) is 0 Å². The summed E-state index contributed by atoms with van der Waals surface area (Å²) in [5, 5.41) is 10.8. The van der Waals surface area contributed by atoms with Gasteiger partial charge < -0.3 is 10.1 Å². The Morgan fingerprint density at radius 2 is 2.07 bits per heavy atom. The van der Waals surface area contributed by atoms with Gasteiger partial charge in [0.05, 0.1) is 18.0 Å². The van der Waals surface area contributed by atoms with Crippen molar-refractivity contribution >= 4 is 17.0 Å². The second kappa shape index (κ2) is 8.13. The van der Waals surface area contributed by atoms with E-state index in [-0.39, 0.29) is 12.0 Å². The van der Waals surface area contributed by atoms with Crippen LogP contribution in [0.1, 0.15) is 45.0 Å². The van der Waals surface area contributed by atoms with Crippen molar-refractivity contribution in [1.82, 2.24) is 14.9 Å². The molecule has 152 valence electrons. The summed E-state index contributed by atoms with van der Waals surface area (Å²) in [6, 6.07) is 15.2. The fourth-order valence-corrected chi connectivity index (χ4v) is 4.01. The molecule has 29 heavy (non-hydrogen) atoms. The molecule has 1 saturated heterocycles. The standard InChI is InChI=1S/C25H31N3O/c1-25(2,3)12-11-20-6-4-8-23(26-20)18-9-10-24-19(14-18)15-21(27-24)16-28-13-5-7-22(28)17-29/h4,6,8-12,14-15,22,27,29H,5,7,13,16-17H2,1-3H3/b12-11+/t22-/m1/s1. The van der Waals surface area contributed by atoms with E-state index in [1.54, 1.807) is 0 Å². The molecule has 4 rings (SSSR count). The van der Waals surface area contributed by atoms with Crippen molar-refractivity contribution in [3.05, 3.63) is 59.9 Å². The molecule has 4 heteroatoms. The van der Waals surface area contributed by atoms with Gasteiger partial charge in [0, 0.05) is 34.7 Å². The molecular weight excluding hydrogens is 358 g/mol. The van der Waals surface area contributed by atoms with E-state index in [2.05, 4.69) is 79.2 Å². The number of H-pyrrole nitrogens is 1. The largest absolute Gasteiger partial charge is 0.395 e. The van der Waals surface area contributed by atoms with Crippen LogP contribution < -0.4 is 0 Å². The van der Waals surface area contributed by atoms with Crippen molar-refractivity contribution in [2.45, 2.75) is 46.2 Å². The molecule has 0 unspecified atom stereocenters. The number of aromatic amines is 1. The van der Waals surface area contributed by atoms with Crippen LogP contribution in [0.4, 0.5) is 0 Å². The summed E-state index contributed by atoms with van der Waals surface area (Å²) in [5.74, 6) is 0. The van der Waals surface area contributed by atoms with Crippen molar-refractivity contribution < 1.29 is 5.11 Å². The molecular formula is C25H31N3O. The van der Waals surface area contributed by atoms with E-state index < -0.39 is 0 Å². The molecule has 0 aliphatic carbocycles. The van der Waals surface area contributed by atoms with E-state index in [0.29, 0.717) is 6.04 Å². The van der Waals surface area contributed by atoms with Crippen LogP contribution >= 0.6 is 0 Å². The Hall–Kier alpha value is -2.43. The molecule has 2 aromatic heterocycles. The van der Waals surface area contributed by atoms with E-state index in [1.165, 1.54) is 17.5 Å². The Balaban J connectivity index is 1.57. The summed E-state index contributed by atoms with van der Waals surface area (Å²) in [5.41, 5.74) is 5.59. The third kappa shape index (κ3) is 4.77. The average Bonchev–Trinajstić information content (AvgIpc) is 3.31. The first-order chi connectivity index (χ1) is 13.9. The highest BCUT2D eigenvalue weighted by Crippen LogP contribution is 2.26. The van der Waals surface area contributed by atoms with Crippen molar-refractivity contribution in [2.75, 3.05) is 13.2 Å². The van der Waals surface area contributed by atoms with Crippen LogP contribution in [0.3, 0.4) is 0 Å². The van der Waals surface area contributed by atoms with Crippen LogP contribution in [0.25, 0.3) is 28.2 Å². The van der Waals surface area contributed by atoms with Crippen molar-refractivity contribution in [3.8, 4) is 11.3 Å². The zero-order valence-electron chi connectivity index (χ0n) is 17.7. The smallest absolute Gasteiger partial charge is 0.0709 e. The number of rotatable bonds is 5. The second-order valence-electron chi connectivity index (χ2n) is 9.19. The van der Waals surface area contributed by atoms with Gasteiger partial charge in [0.25, 0.3) is 0 Å². The SMILES string of the molecule is CC(C)(C)/C=C/c1cccc(-c2ccc3[nH]c(CN4CCC[C@@H]4CO)cc3c2)n1. The lowest BCUT2D eigenvalue weighted by Crippen LogP contribution is -2.31. The highest BCUT2D eigenvalue weighted by Gasteiger charge is 2.24. The van der Waals surface area contributed by atoms with Gasteiger partial charge in [-0.05, 0) is 61.2 Å². The Bertz CT molecular complexity index is 1010. The van der Waals surface area contributed by atoms with Gasteiger partial charge in [-0.1, -0.05) is 39.0 Å². The molecule has 1 atom stereocenters. The predicted octanol–water partition coefficient (Wildman–Crippen LogP) is 5.25. The number of pyridine rings is 1. The van der Waals surface area contributed by atoms with Gasteiger partial charge in [-0.15, -0.1) is 0 Å². The third-order valence-corrected chi connectivity index (χ3v) is 5.58. The molecule has 3 heterocycles. The molecule has 0 spiro atoms. The lowest BCUT2D eigenvalue weighted by atomic mass is 9.96. The summed E-state index contributed by atoms with van der Waals surface area (Å²) in [6.45, 7) is 8.74. The zero-order valence-corrected chi connectivity index (χ0v) is 17.7. The Morgan fingerprint density at radius 1 is 1.21 bits per heavy atom. The summed E-state index contributed by atoms with van der Waals surface area (Å²) in [6.07, 6.45) is 6.55. The minimum atomic E-state index is 0.141. The van der Waals surface area contributed by atoms with Gasteiger partial charge in [0.15, 0.2) is 0 Å². The minimum Gasteiger partial charge on any atom is -0.395 e. The average molecular weight is 390 g/mol. The topological polar surface area (TPSA) is 52.2 Å². The second-order valence-corrected chi connectivity index (χ2v) is 9.19. The Labute approximate surface area is 173 Å². The first kappa shape index (κ1) is 19.9. The molecule has 0 saturated carbocycles. The normalized spacial score (nSPS) is 18.3. The number of hydrogen-bond donors (Lipinski definition) is 2. The quantitative estimate of drug-likeness (QED) is 0.627. The van der Waals surface area contributed by atoms with Gasteiger partial charge in [0.1, 0.15) is 0 Å². The fourth-order valence-electron chi connectivity index (χ4n) is 4.01. The molecule has 1 fully saturated rings. The van der Waals surface area contributed by atoms with Gasteiger partial charge in [-0.3, -0.25) is 4.90 Å². The lowest BCUT2D eigenvalue weighted by Gasteiger charge is -2.21. The summed E-state index contributed by atoms with van der Waals surface area (Å²) >= 11 is 0. The first-order valence-corrected chi connectivity index (χ1v) is 10.5. The minimum absolute atomic E-state index is 0.141. The number of benzene rings is 1. The molecule has 0 radical (unpaired) electrons. The summed E-state index contributed by atoms with van der Waals surface area (Å²) in [4.78, 5) is 10.7. The number of aromatic nitrogens is 2. The number of likely N-dealkylation sites (tertiary alicyclic amines) is 1. The molecule has 3 aromatic rings. The van der Waals surface area contributed by atoms with Gasteiger partial charge in [-0.2, -0.15) is 0 Å². The van der Waals surface area contributed by atoms with Crippen molar-refractivity contribution in [1.29, 1.82) is 0 Å². The highest BCUT2D eigenvalue weighted by molar-refractivity contribution is 5.85. The fraction of sp³-hybridized carbons (Fsp3) is 0.400. The van der Waals surface area contributed by atoms with E-state index in [9.17, 15) is 5.11 Å². The van der Waals surface area contributed by atoms with Gasteiger partial charge in [-0.25, -0.2) is 4.98 Å². The maximum Gasteiger partial charge on any atom is 0.0709 e. The molecule has 1 aromatic carbocycles. The van der Waals surface area contributed by atoms with E-state index in [0.717, 1.165) is 42.0 Å². The van der Waals surface area contributed by atoms with Crippen molar-refractivity contribution in [3.63, 3.8) is 0 Å². The zero-order chi connectivity index (χ0) is 20.4. The molecule has 0 amide bonds. The molecule has 4 nitrogen and oxygen atoms in total. The number of aliphatic hydroxyl groups is 1. The van der Waals surface area contributed by atoms with E-state index in [1.807, 2.05) is 6.07 Å². The maximum absolute atomic E-state index is 9.56. The summed E-state index contributed by atoms with van der Waals surface area (Å²) in [7, 11) is 0. The van der Waals surface area contributed by atoms with Crippen molar-refractivity contribution in [2.24, 2.45) is 5.41 Å². The lowest BCUT2D eigenvalue weighted by molar-refractivity contribution is 0.152. The maximum atomic E-state index is 9.56. The molecule has 1 aliphatic heterocycles. The van der Waals surface area contributed by atoms with Crippen LogP contribution in [-0.4, -0.2) is 39.2 Å². The highest BCUT2D eigenvalue weighted by atomic mass is 16.3. The molecule has 0 bridgehead atoms. The number of aliphatic hydroxyl groups excluding tert-OH is 1. The summed E-state index contributed by atoms with van der Waals surface area (Å²) < 4.78 is 0. The predicted molar refractivity (Wildman–Crippen MR) is 121 cm³/mol. The van der Waals surface area contributed by atoms with Gasteiger partial charge in [0.2, 0.25) is 0 Å². The van der Waals surface area contributed by atoms with Crippen LogP contribution in [0.5, 0.6) is 0 Å². The monoisotopic (exact) mass is 389 g/mol. The van der Waals surface area contributed by atoms with Crippen LogP contribution in [-0.2, 0) is 6.54 Å². The number of nitrogens with zero attached hydrogens (tertiary/aromatic N) is 2. The van der Waals surface area contributed by atoms with E-state index >= 15 is 0 Å². The molecule has 2 N–H and O–H groups in total. The molecule has 1 aliphatic rings.